The largest absolute Gasteiger partial charge is 0.0625 e. The molecule has 9 aliphatic carbocycles. The molecule has 0 aliphatic heterocycles. The summed E-state index contributed by atoms with van der Waals surface area (Å²) in [5.74, 6) is 13.3. The topological polar surface area (TPSA) is 0 Å². The lowest BCUT2D eigenvalue weighted by atomic mass is 9.65. The Balaban J connectivity index is 0.000000122. The molecule has 16 rings (SSSR count). The van der Waals surface area contributed by atoms with Gasteiger partial charge in [0, 0.05) is 0 Å². The van der Waals surface area contributed by atoms with Gasteiger partial charge in [-0.3, -0.25) is 0 Å². The van der Waals surface area contributed by atoms with Crippen molar-refractivity contribution in [1.82, 2.24) is 0 Å². The lowest BCUT2D eigenvalue weighted by Gasteiger charge is -2.40. The molecule has 7 aromatic rings. The van der Waals surface area contributed by atoms with Gasteiger partial charge in [-0.2, -0.15) is 0 Å². The van der Waals surface area contributed by atoms with Gasteiger partial charge in [0.2, 0.25) is 0 Å². The van der Waals surface area contributed by atoms with Crippen LogP contribution in [0.15, 0.2) is 170 Å². The normalized spacial score (nSPS) is 28.1. The van der Waals surface area contributed by atoms with Crippen LogP contribution in [0.4, 0.5) is 0 Å². The van der Waals surface area contributed by atoms with E-state index in [0.717, 1.165) is 71.0 Å². The quantitative estimate of drug-likeness (QED) is 0.154. The van der Waals surface area contributed by atoms with E-state index >= 15 is 0 Å². The van der Waals surface area contributed by atoms with Crippen LogP contribution < -0.4 is 0 Å². The molecule has 9 fully saturated rings. The van der Waals surface area contributed by atoms with E-state index in [-0.39, 0.29) is 0 Å². The average Bonchev–Trinajstić information content (AvgIpc) is 4.13. The van der Waals surface area contributed by atoms with Gasteiger partial charge >= 0.3 is 0 Å². The molecule has 0 spiro atoms. The maximum absolute atomic E-state index is 2.47. The Morgan fingerprint density at radius 2 is 0.802 bits per heavy atom. The summed E-state index contributed by atoms with van der Waals surface area (Å²) in [5, 5.41) is 5.33. The number of fused-ring (bicyclic) bond motifs is 9. The lowest BCUT2D eigenvalue weighted by molar-refractivity contribution is 0.111. The van der Waals surface area contributed by atoms with Crippen molar-refractivity contribution in [2.75, 3.05) is 0 Å². The predicted molar refractivity (Wildman–Crippen MR) is 356 cm³/mol. The highest BCUT2D eigenvalue weighted by molar-refractivity contribution is 5.85. The molecular formula is C81H110. The minimum absolute atomic E-state index is 1.04. The molecule has 0 N–H and O–H groups in total. The van der Waals surface area contributed by atoms with Crippen LogP contribution in [0.3, 0.4) is 0 Å². The van der Waals surface area contributed by atoms with Crippen LogP contribution >= 0.6 is 0 Å². The Morgan fingerprint density at radius 3 is 1.38 bits per heavy atom. The second-order valence-corrected chi connectivity index (χ2v) is 27.5. The Morgan fingerprint density at radius 1 is 0.284 bits per heavy atom. The van der Waals surface area contributed by atoms with Crippen molar-refractivity contribution in [3.8, 4) is 11.1 Å². The fourth-order valence-corrected chi connectivity index (χ4v) is 16.2. The Bertz CT molecular complexity index is 2790. The standard InChI is InChI=1S/C13H12.C11H20.C11H10.C11H20.C11H10.C9H16.C8H14.C7H8/c1-11-7-9-13(10-8-11)12-5-3-2-4-6-12;2*1-9-5-4-7-10-6-2-3-8-11(9)10;2*1-9-6-7-10-4-2-3-5-11(10)8-9;1-7-6-8-2-4-9(7)5-3-8;1-6-4-7-2-3-8(6)5-7;1-7-5-3-2-4-6-7/h2-10H,1H3;9-11H,2-8H2,1H3;2-8H,1H3;9-11H,2-8H2,1H3;2-8H,1H3;7-9H,2-6H2,1H3;6-8H,2-5H2,1H3;2-6H,1H3. The van der Waals surface area contributed by atoms with Crippen molar-refractivity contribution >= 4 is 21.5 Å². The summed E-state index contributed by atoms with van der Waals surface area (Å²) in [6.45, 7) is 18.2. The summed E-state index contributed by atoms with van der Waals surface area (Å²) >= 11 is 0. The molecule has 0 aromatic heterocycles. The fraction of sp³-hybridized carbons (Fsp3) is 0.531. The van der Waals surface area contributed by atoms with E-state index < -0.39 is 0 Å². The molecule has 0 heteroatoms. The molecule has 4 bridgehead atoms. The zero-order chi connectivity index (χ0) is 56.8. The number of rotatable bonds is 1. The van der Waals surface area contributed by atoms with Crippen LogP contribution in [-0.4, -0.2) is 0 Å². The zero-order valence-corrected chi connectivity index (χ0v) is 52.4. The third-order valence-corrected chi connectivity index (χ3v) is 21.2. The van der Waals surface area contributed by atoms with E-state index in [1.54, 1.807) is 103 Å². The molecule has 7 aromatic carbocycles. The fourth-order valence-electron chi connectivity index (χ4n) is 16.2. The second kappa shape index (κ2) is 32.8. The molecular weight excluding hydrogens is 973 g/mol. The van der Waals surface area contributed by atoms with Crippen LogP contribution in [0, 0.1) is 98.7 Å². The molecule has 81 heavy (non-hydrogen) atoms. The highest BCUT2D eigenvalue weighted by atomic mass is 14.4. The van der Waals surface area contributed by atoms with Gasteiger partial charge in [-0.1, -0.05) is 304 Å². The van der Waals surface area contributed by atoms with E-state index in [2.05, 4.69) is 201 Å². The van der Waals surface area contributed by atoms with E-state index in [1.807, 2.05) is 24.3 Å². The summed E-state index contributed by atoms with van der Waals surface area (Å²) in [7, 11) is 0. The number of benzene rings is 7. The Hall–Kier alpha value is -4.94. The molecule has 10 atom stereocenters. The first-order valence-electron chi connectivity index (χ1n) is 33.5. The van der Waals surface area contributed by atoms with Gasteiger partial charge in [-0.05, 0) is 195 Å². The molecule has 0 radical (unpaired) electrons. The van der Waals surface area contributed by atoms with E-state index in [9.17, 15) is 0 Å². The van der Waals surface area contributed by atoms with Crippen LogP contribution in [-0.2, 0) is 0 Å². The monoisotopic (exact) mass is 1080 g/mol. The van der Waals surface area contributed by atoms with Gasteiger partial charge in [-0.25, -0.2) is 0 Å². The predicted octanol–water partition coefficient (Wildman–Crippen LogP) is 24.5. The van der Waals surface area contributed by atoms with Crippen LogP contribution in [0.1, 0.15) is 198 Å². The molecule has 10 unspecified atom stereocenters. The Kier molecular flexibility index (Phi) is 25.1. The summed E-state index contributed by atoms with van der Waals surface area (Å²) in [5.41, 5.74) is 7.86. The number of aryl methyl sites for hydroxylation is 4. The third-order valence-electron chi connectivity index (χ3n) is 21.2. The minimum Gasteiger partial charge on any atom is -0.0625 e. The van der Waals surface area contributed by atoms with Crippen molar-refractivity contribution in [1.29, 1.82) is 0 Å². The molecule has 0 amide bonds. The van der Waals surface area contributed by atoms with Crippen LogP contribution in [0.5, 0.6) is 0 Å². The van der Waals surface area contributed by atoms with Crippen molar-refractivity contribution in [2.24, 2.45) is 71.0 Å². The first kappa shape index (κ1) is 62.1. The SMILES string of the molecule is CC1CC2CCC1C2.CC1CC2CCC1CC2.CC1CCC2CCCCC2C1.CC1CCCC2CCCCC12.Cc1ccc(-c2ccccc2)cc1.Cc1ccc2ccccc2c1.Cc1cccc2ccccc12.Cc1ccccc1. The molecule has 0 saturated heterocycles. The van der Waals surface area contributed by atoms with Crippen molar-refractivity contribution in [3.63, 3.8) is 0 Å². The van der Waals surface area contributed by atoms with Gasteiger partial charge < -0.3 is 0 Å². The molecule has 9 saturated carbocycles. The van der Waals surface area contributed by atoms with Gasteiger partial charge in [0.25, 0.3) is 0 Å². The Labute approximate surface area is 496 Å². The van der Waals surface area contributed by atoms with Crippen LogP contribution in [0.2, 0.25) is 0 Å². The van der Waals surface area contributed by atoms with E-state index in [0.29, 0.717) is 0 Å². The summed E-state index contributed by atoms with van der Waals surface area (Å²) in [6, 6.07) is 59.0. The van der Waals surface area contributed by atoms with Crippen molar-refractivity contribution < 1.29 is 0 Å². The molecule has 9 aliphatic rings. The third kappa shape index (κ3) is 19.9. The summed E-state index contributed by atoms with van der Waals surface area (Å²) < 4.78 is 0. The second-order valence-electron chi connectivity index (χ2n) is 27.5. The average molecular weight is 1080 g/mol. The zero-order valence-electron chi connectivity index (χ0n) is 52.4. The molecule has 0 heterocycles. The molecule has 0 nitrogen and oxygen atoms in total. The highest BCUT2D eigenvalue weighted by Gasteiger charge is 2.37. The lowest BCUT2D eigenvalue weighted by Crippen LogP contribution is -2.29. The van der Waals surface area contributed by atoms with Gasteiger partial charge in [0.15, 0.2) is 0 Å². The summed E-state index contributed by atoms with van der Waals surface area (Å²) in [4.78, 5) is 0. The maximum Gasteiger partial charge on any atom is -0.0155 e. The van der Waals surface area contributed by atoms with Crippen molar-refractivity contribution in [2.45, 2.75) is 203 Å². The van der Waals surface area contributed by atoms with Gasteiger partial charge in [-0.15, -0.1) is 0 Å². The van der Waals surface area contributed by atoms with E-state index in [1.165, 1.54) is 99.9 Å². The number of hydrogen-bond donors (Lipinski definition) is 0. The smallest absolute Gasteiger partial charge is 0.0155 e. The van der Waals surface area contributed by atoms with E-state index in [4.69, 9.17) is 0 Å². The summed E-state index contributed by atoms with van der Waals surface area (Å²) in [6.07, 6.45) is 35.4. The first-order valence-corrected chi connectivity index (χ1v) is 33.5. The minimum atomic E-state index is 1.04. The van der Waals surface area contributed by atoms with Crippen LogP contribution in [0.25, 0.3) is 32.7 Å². The maximum atomic E-state index is 2.47. The molecule has 434 valence electrons. The first-order chi connectivity index (χ1) is 39.4. The van der Waals surface area contributed by atoms with Crippen molar-refractivity contribution in [3.05, 3.63) is 192 Å². The number of hydrogen-bond acceptors (Lipinski definition) is 0. The highest BCUT2D eigenvalue weighted by Crippen LogP contribution is 2.48. The van der Waals surface area contributed by atoms with Gasteiger partial charge in [0.1, 0.15) is 0 Å². The van der Waals surface area contributed by atoms with Gasteiger partial charge in [0.05, 0.1) is 0 Å².